The molecule has 27 heavy (non-hydrogen) atoms. The lowest BCUT2D eigenvalue weighted by Gasteiger charge is -2.33. The molecular weight excluding hydrogens is 342 g/mol. The molecule has 1 spiro atoms. The highest BCUT2D eigenvalue weighted by atomic mass is 16.5. The first kappa shape index (κ1) is 20.0. The van der Waals surface area contributed by atoms with Gasteiger partial charge in [-0.05, 0) is 57.8 Å². The van der Waals surface area contributed by atoms with Crippen molar-refractivity contribution in [2.75, 3.05) is 47.4 Å². The van der Waals surface area contributed by atoms with E-state index in [0.717, 1.165) is 50.2 Å². The number of nitrogens with zero attached hydrogens (tertiary/aromatic N) is 2. The van der Waals surface area contributed by atoms with E-state index in [1.807, 2.05) is 37.1 Å². The van der Waals surface area contributed by atoms with Gasteiger partial charge in [-0.15, -0.1) is 0 Å². The van der Waals surface area contributed by atoms with E-state index in [4.69, 9.17) is 9.47 Å². The lowest BCUT2D eigenvalue weighted by molar-refractivity contribution is -0.134. The van der Waals surface area contributed by atoms with Gasteiger partial charge in [0.2, 0.25) is 5.91 Å². The quantitative estimate of drug-likeness (QED) is 0.826. The van der Waals surface area contributed by atoms with E-state index < -0.39 is 0 Å². The predicted molar refractivity (Wildman–Crippen MR) is 106 cm³/mol. The molecule has 0 bridgehead atoms. The van der Waals surface area contributed by atoms with Crippen LogP contribution in [0.4, 0.5) is 0 Å². The molecule has 3 rings (SSSR count). The summed E-state index contributed by atoms with van der Waals surface area (Å²) in [4.78, 5) is 17.3. The van der Waals surface area contributed by atoms with E-state index in [-0.39, 0.29) is 11.9 Å². The van der Waals surface area contributed by atoms with Crippen LogP contribution in [0, 0.1) is 5.41 Å². The van der Waals surface area contributed by atoms with Crippen LogP contribution in [0.1, 0.15) is 31.7 Å². The molecule has 150 valence electrons. The Bertz CT molecular complexity index is 658. The van der Waals surface area contributed by atoms with Crippen LogP contribution < -0.4 is 14.8 Å². The predicted octanol–water partition coefficient (Wildman–Crippen LogP) is 2.13. The average Bonchev–Trinajstić information content (AvgIpc) is 2.98. The summed E-state index contributed by atoms with van der Waals surface area (Å²) in [7, 11) is 5.62. The highest BCUT2D eigenvalue weighted by Crippen LogP contribution is 2.42. The topological polar surface area (TPSA) is 54.0 Å². The summed E-state index contributed by atoms with van der Waals surface area (Å²) >= 11 is 0. The maximum atomic E-state index is 13.2. The summed E-state index contributed by atoms with van der Waals surface area (Å²) in [5.74, 6) is 1.64. The second-order valence-corrected chi connectivity index (χ2v) is 7.96. The number of ether oxygens (including phenoxy) is 2. The van der Waals surface area contributed by atoms with Crippen molar-refractivity contribution in [2.45, 2.75) is 38.8 Å². The maximum absolute atomic E-state index is 13.2. The fraction of sp³-hybridized carbons (Fsp3) is 0.667. The number of amides is 1. The van der Waals surface area contributed by atoms with E-state index in [1.54, 1.807) is 7.11 Å². The fourth-order valence-corrected chi connectivity index (χ4v) is 4.61. The normalized spacial score (nSPS) is 22.0. The molecule has 1 aromatic rings. The Morgan fingerprint density at radius 2 is 2.11 bits per heavy atom. The van der Waals surface area contributed by atoms with Crippen molar-refractivity contribution in [3.63, 3.8) is 0 Å². The molecule has 2 fully saturated rings. The summed E-state index contributed by atoms with van der Waals surface area (Å²) in [6.07, 6.45) is 3.29. The number of rotatable bonds is 6. The second kappa shape index (κ2) is 8.48. The minimum Gasteiger partial charge on any atom is -0.493 e. The number of carbonyl (C=O) groups excluding carboxylic acids is 1. The molecule has 2 aliphatic rings. The van der Waals surface area contributed by atoms with Crippen molar-refractivity contribution < 1.29 is 14.3 Å². The number of para-hydroxylation sites is 1. The smallest absolute Gasteiger partial charge is 0.239 e. The van der Waals surface area contributed by atoms with Gasteiger partial charge in [-0.2, -0.15) is 0 Å². The van der Waals surface area contributed by atoms with Gasteiger partial charge < -0.3 is 19.7 Å². The Kier molecular flexibility index (Phi) is 6.27. The lowest BCUT2D eigenvalue weighted by Crippen LogP contribution is -2.42. The molecule has 6 heteroatoms. The summed E-state index contributed by atoms with van der Waals surface area (Å²) in [6, 6.07) is 5.81. The molecule has 1 atom stereocenters. The van der Waals surface area contributed by atoms with Crippen LogP contribution in [0.25, 0.3) is 0 Å². The molecule has 2 heterocycles. The molecule has 0 radical (unpaired) electrons. The highest BCUT2D eigenvalue weighted by molar-refractivity contribution is 5.82. The van der Waals surface area contributed by atoms with Gasteiger partial charge in [0.1, 0.15) is 0 Å². The molecule has 2 saturated heterocycles. The fourth-order valence-electron chi connectivity index (χ4n) is 4.61. The third kappa shape index (κ3) is 4.22. The SMILES string of the molecule is CCOc1c(CN(C)C(=O)[C@@H]2CC3(CCNCC3)CN2C)cccc1OC. The van der Waals surface area contributed by atoms with Crippen LogP contribution >= 0.6 is 0 Å². The van der Waals surface area contributed by atoms with Crippen LogP contribution in [0.3, 0.4) is 0 Å². The van der Waals surface area contributed by atoms with Gasteiger partial charge in [0.25, 0.3) is 0 Å². The largest absolute Gasteiger partial charge is 0.493 e. The zero-order valence-corrected chi connectivity index (χ0v) is 17.1. The Morgan fingerprint density at radius 3 is 2.78 bits per heavy atom. The molecule has 2 aliphatic heterocycles. The Hall–Kier alpha value is -1.79. The van der Waals surface area contributed by atoms with Gasteiger partial charge in [0.15, 0.2) is 11.5 Å². The van der Waals surface area contributed by atoms with E-state index in [1.165, 1.54) is 0 Å². The number of methoxy groups -OCH3 is 1. The average molecular weight is 376 g/mol. The van der Waals surface area contributed by atoms with E-state index in [9.17, 15) is 4.79 Å². The summed E-state index contributed by atoms with van der Waals surface area (Å²) in [5.41, 5.74) is 1.28. The molecule has 0 aromatic heterocycles. The standard InChI is InChI=1S/C21H33N3O3/c1-5-27-19-16(7-6-8-18(19)26-4)14-23(2)20(25)17-13-21(15-24(17)3)9-11-22-12-10-21/h6-8,17,22H,5,9-15H2,1-4H3/t17-/m0/s1. The molecule has 0 aliphatic carbocycles. The van der Waals surface area contributed by atoms with E-state index in [2.05, 4.69) is 17.3 Å². The first-order chi connectivity index (χ1) is 13.0. The van der Waals surface area contributed by atoms with Gasteiger partial charge in [-0.1, -0.05) is 12.1 Å². The van der Waals surface area contributed by atoms with Gasteiger partial charge in [0, 0.05) is 25.7 Å². The second-order valence-electron chi connectivity index (χ2n) is 7.96. The number of hydrogen-bond donors (Lipinski definition) is 1. The van der Waals surface area contributed by atoms with Crippen LogP contribution in [-0.4, -0.2) is 69.2 Å². The van der Waals surface area contributed by atoms with Gasteiger partial charge in [0.05, 0.1) is 19.8 Å². The number of carbonyl (C=O) groups is 1. The molecular formula is C21H33N3O3. The van der Waals surface area contributed by atoms with Crippen LogP contribution in [-0.2, 0) is 11.3 Å². The first-order valence-electron chi connectivity index (χ1n) is 9.94. The number of piperidine rings is 1. The van der Waals surface area contributed by atoms with E-state index >= 15 is 0 Å². The summed E-state index contributed by atoms with van der Waals surface area (Å²) < 4.78 is 11.2. The zero-order chi connectivity index (χ0) is 19.4. The molecule has 1 amide bonds. The van der Waals surface area contributed by atoms with Crippen molar-refractivity contribution in [3.8, 4) is 11.5 Å². The molecule has 0 saturated carbocycles. The van der Waals surface area contributed by atoms with Crippen molar-refractivity contribution in [1.82, 2.24) is 15.1 Å². The summed E-state index contributed by atoms with van der Waals surface area (Å²) in [6.45, 7) is 6.18. The maximum Gasteiger partial charge on any atom is 0.239 e. The number of nitrogens with one attached hydrogen (secondary N) is 1. The van der Waals surface area contributed by atoms with Crippen molar-refractivity contribution in [3.05, 3.63) is 23.8 Å². The molecule has 1 N–H and O–H groups in total. The minimum atomic E-state index is -0.0331. The van der Waals surface area contributed by atoms with Crippen molar-refractivity contribution >= 4 is 5.91 Å². The van der Waals surface area contributed by atoms with Gasteiger partial charge in [-0.3, -0.25) is 9.69 Å². The van der Waals surface area contributed by atoms with E-state index in [0.29, 0.717) is 24.3 Å². The third-order valence-corrected chi connectivity index (χ3v) is 6.05. The van der Waals surface area contributed by atoms with Crippen molar-refractivity contribution in [1.29, 1.82) is 0 Å². The Labute approximate surface area is 162 Å². The molecule has 1 aromatic carbocycles. The van der Waals surface area contributed by atoms with Crippen LogP contribution in [0.2, 0.25) is 0 Å². The van der Waals surface area contributed by atoms with Crippen molar-refractivity contribution in [2.24, 2.45) is 5.41 Å². The number of likely N-dealkylation sites (N-methyl/N-ethyl adjacent to an activating group) is 2. The van der Waals surface area contributed by atoms with Crippen LogP contribution in [0.5, 0.6) is 11.5 Å². The first-order valence-corrected chi connectivity index (χ1v) is 9.94. The zero-order valence-electron chi connectivity index (χ0n) is 17.1. The number of likely N-dealkylation sites (tertiary alicyclic amines) is 1. The lowest BCUT2D eigenvalue weighted by atomic mass is 9.77. The number of benzene rings is 1. The monoisotopic (exact) mass is 375 g/mol. The highest BCUT2D eigenvalue weighted by Gasteiger charge is 2.46. The van der Waals surface area contributed by atoms with Gasteiger partial charge in [-0.25, -0.2) is 0 Å². The Balaban J connectivity index is 1.71. The summed E-state index contributed by atoms with van der Waals surface area (Å²) in [5, 5.41) is 3.44. The Morgan fingerprint density at radius 1 is 1.37 bits per heavy atom. The number of hydrogen-bond acceptors (Lipinski definition) is 5. The third-order valence-electron chi connectivity index (χ3n) is 6.05. The van der Waals surface area contributed by atoms with Crippen LogP contribution in [0.15, 0.2) is 18.2 Å². The minimum absolute atomic E-state index is 0.0331. The molecule has 6 nitrogen and oxygen atoms in total. The molecule has 0 unspecified atom stereocenters. The van der Waals surface area contributed by atoms with Gasteiger partial charge >= 0.3 is 0 Å².